The fraction of sp³-hybridized carbons (Fsp3) is 0.136. The molecular weight excluding hydrogens is 342 g/mol. The molecule has 0 bridgehead atoms. The first-order chi connectivity index (χ1) is 13.2. The standard InChI is InChI=1S/C22H17NO4/c24-21-22(25,16-10-11-19-20(12-16)27-14-26-19)17-8-4-5-9-18(17)23(21)13-15-6-2-1-3-7-15/h1-12,25H,13-14H2. The van der Waals surface area contributed by atoms with E-state index < -0.39 is 5.60 Å². The molecule has 0 aromatic heterocycles. The Hall–Kier alpha value is -3.31. The van der Waals surface area contributed by atoms with Gasteiger partial charge in [-0.25, -0.2) is 0 Å². The van der Waals surface area contributed by atoms with Gasteiger partial charge in [0.05, 0.1) is 12.2 Å². The molecule has 134 valence electrons. The molecule has 3 aromatic carbocycles. The lowest BCUT2D eigenvalue weighted by molar-refractivity contribution is -0.132. The van der Waals surface area contributed by atoms with Crippen LogP contribution in [0.25, 0.3) is 0 Å². The van der Waals surface area contributed by atoms with Crippen molar-refractivity contribution >= 4 is 11.6 Å². The van der Waals surface area contributed by atoms with Crippen LogP contribution in [0.5, 0.6) is 11.5 Å². The van der Waals surface area contributed by atoms with Crippen LogP contribution in [0, 0.1) is 0 Å². The Labute approximate surface area is 156 Å². The minimum Gasteiger partial charge on any atom is -0.454 e. The summed E-state index contributed by atoms with van der Waals surface area (Å²) in [5, 5.41) is 11.6. The summed E-state index contributed by atoms with van der Waals surface area (Å²) in [5.41, 5.74) is 0.999. The second-order valence-electron chi connectivity index (χ2n) is 6.67. The number of benzene rings is 3. The number of nitrogens with zero attached hydrogens (tertiary/aromatic N) is 1. The van der Waals surface area contributed by atoms with E-state index >= 15 is 0 Å². The Balaban J connectivity index is 1.62. The van der Waals surface area contributed by atoms with Gasteiger partial charge in [0.25, 0.3) is 5.91 Å². The number of carbonyl (C=O) groups is 1. The summed E-state index contributed by atoms with van der Waals surface area (Å²) in [5.74, 6) is 0.779. The number of anilines is 1. The highest BCUT2D eigenvalue weighted by atomic mass is 16.7. The minimum absolute atomic E-state index is 0.141. The average molecular weight is 359 g/mol. The maximum absolute atomic E-state index is 13.4. The van der Waals surface area contributed by atoms with Crippen LogP contribution in [-0.2, 0) is 16.9 Å². The first kappa shape index (κ1) is 15.9. The molecule has 1 atom stereocenters. The average Bonchev–Trinajstić information content (AvgIpc) is 3.26. The summed E-state index contributed by atoms with van der Waals surface area (Å²) >= 11 is 0. The van der Waals surface area contributed by atoms with Gasteiger partial charge in [0, 0.05) is 11.1 Å². The molecule has 5 rings (SSSR count). The molecule has 0 aliphatic carbocycles. The predicted molar refractivity (Wildman–Crippen MR) is 99.6 cm³/mol. The number of fused-ring (bicyclic) bond motifs is 2. The van der Waals surface area contributed by atoms with E-state index in [0.29, 0.717) is 34.9 Å². The van der Waals surface area contributed by atoms with Crippen molar-refractivity contribution in [3.8, 4) is 11.5 Å². The van der Waals surface area contributed by atoms with Gasteiger partial charge in [-0.05, 0) is 23.8 Å². The minimum atomic E-state index is -1.76. The first-order valence-corrected chi connectivity index (χ1v) is 8.76. The molecule has 2 heterocycles. The summed E-state index contributed by atoms with van der Waals surface area (Å²) < 4.78 is 10.8. The van der Waals surface area contributed by atoms with Crippen LogP contribution >= 0.6 is 0 Å². The lowest BCUT2D eigenvalue weighted by Gasteiger charge is -2.24. The Kier molecular flexibility index (Phi) is 3.45. The third-order valence-corrected chi connectivity index (χ3v) is 5.11. The van der Waals surface area contributed by atoms with Gasteiger partial charge in [0.1, 0.15) is 0 Å². The molecule has 27 heavy (non-hydrogen) atoms. The molecule has 5 heteroatoms. The quantitative estimate of drug-likeness (QED) is 0.780. The molecule has 3 aromatic rings. The van der Waals surface area contributed by atoms with Gasteiger partial charge in [0.15, 0.2) is 17.1 Å². The highest BCUT2D eigenvalue weighted by molar-refractivity contribution is 6.09. The van der Waals surface area contributed by atoms with E-state index in [0.717, 1.165) is 5.56 Å². The molecule has 2 aliphatic heterocycles. The molecule has 0 saturated carbocycles. The Morgan fingerprint density at radius 1 is 0.926 bits per heavy atom. The van der Waals surface area contributed by atoms with E-state index in [4.69, 9.17) is 9.47 Å². The monoisotopic (exact) mass is 359 g/mol. The molecule has 0 radical (unpaired) electrons. The van der Waals surface area contributed by atoms with Crippen molar-refractivity contribution in [2.75, 3.05) is 11.7 Å². The number of amides is 1. The highest BCUT2D eigenvalue weighted by Gasteiger charge is 2.51. The third kappa shape index (κ3) is 2.32. The second-order valence-corrected chi connectivity index (χ2v) is 6.67. The predicted octanol–water partition coefficient (Wildman–Crippen LogP) is 3.20. The van der Waals surface area contributed by atoms with E-state index in [-0.39, 0.29) is 12.7 Å². The van der Waals surface area contributed by atoms with Gasteiger partial charge >= 0.3 is 0 Å². The van der Waals surface area contributed by atoms with Gasteiger partial charge in [-0.15, -0.1) is 0 Å². The summed E-state index contributed by atoms with van der Waals surface area (Å²) in [7, 11) is 0. The first-order valence-electron chi connectivity index (χ1n) is 8.76. The van der Waals surface area contributed by atoms with E-state index in [2.05, 4.69) is 0 Å². The van der Waals surface area contributed by atoms with E-state index in [9.17, 15) is 9.90 Å². The fourth-order valence-corrected chi connectivity index (χ4v) is 3.76. The molecule has 5 nitrogen and oxygen atoms in total. The second kappa shape index (κ2) is 5.86. The van der Waals surface area contributed by atoms with Crippen molar-refractivity contribution in [3.05, 3.63) is 89.5 Å². The zero-order valence-corrected chi connectivity index (χ0v) is 14.5. The van der Waals surface area contributed by atoms with Crippen molar-refractivity contribution in [3.63, 3.8) is 0 Å². The van der Waals surface area contributed by atoms with Crippen LogP contribution in [-0.4, -0.2) is 17.8 Å². The third-order valence-electron chi connectivity index (χ3n) is 5.11. The van der Waals surface area contributed by atoms with Crippen molar-refractivity contribution < 1.29 is 19.4 Å². The molecule has 0 spiro atoms. The molecule has 1 N–H and O–H groups in total. The van der Waals surface area contributed by atoms with Crippen molar-refractivity contribution in [1.29, 1.82) is 0 Å². The van der Waals surface area contributed by atoms with Gasteiger partial charge < -0.3 is 19.5 Å². The summed E-state index contributed by atoms with van der Waals surface area (Å²) in [6.07, 6.45) is 0. The van der Waals surface area contributed by atoms with Crippen LogP contribution in [0.15, 0.2) is 72.8 Å². The summed E-state index contributed by atoms with van der Waals surface area (Å²) in [4.78, 5) is 15.0. The molecule has 1 amide bonds. The normalized spacial score (nSPS) is 20.0. The fourth-order valence-electron chi connectivity index (χ4n) is 3.76. The van der Waals surface area contributed by atoms with Gasteiger partial charge in [-0.1, -0.05) is 54.6 Å². The SMILES string of the molecule is O=C1N(Cc2ccccc2)c2ccccc2C1(O)c1ccc2c(c1)OCO2. The summed E-state index contributed by atoms with van der Waals surface area (Å²) in [6, 6.07) is 22.2. The molecule has 1 unspecified atom stereocenters. The molecular formula is C22H17NO4. The van der Waals surface area contributed by atoms with Crippen molar-refractivity contribution in [1.82, 2.24) is 0 Å². The maximum atomic E-state index is 13.4. The van der Waals surface area contributed by atoms with Crippen LogP contribution in [0.4, 0.5) is 5.69 Å². The van der Waals surface area contributed by atoms with E-state index in [1.807, 2.05) is 48.5 Å². The zero-order chi connectivity index (χ0) is 18.4. The number of para-hydroxylation sites is 1. The van der Waals surface area contributed by atoms with E-state index in [1.54, 1.807) is 29.2 Å². The zero-order valence-electron chi connectivity index (χ0n) is 14.5. The van der Waals surface area contributed by atoms with E-state index in [1.165, 1.54) is 0 Å². The number of hydrogen-bond acceptors (Lipinski definition) is 4. The number of rotatable bonds is 3. The van der Waals surface area contributed by atoms with Crippen LogP contribution in [0.3, 0.4) is 0 Å². The van der Waals surface area contributed by atoms with Crippen LogP contribution < -0.4 is 14.4 Å². The summed E-state index contributed by atoms with van der Waals surface area (Å²) in [6.45, 7) is 0.533. The lowest BCUT2D eigenvalue weighted by atomic mass is 9.87. The molecule has 0 fully saturated rings. The maximum Gasteiger partial charge on any atom is 0.268 e. The number of carbonyl (C=O) groups excluding carboxylic acids is 1. The molecule has 2 aliphatic rings. The van der Waals surface area contributed by atoms with Crippen LogP contribution in [0.1, 0.15) is 16.7 Å². The van der Waals surface area contributed by atoms with Crippen LogP contribution in [0.2, 0.25) is 0 Å². The number of ether oxygens (including phenoxy) is 2. The van der Waals surface area contributed by atoms with Gasteiger partial charge in [0.2, 0.25) is 6.79 Å². The Morgan fingerprint density at radius 2 is 1.67 bits per heavy atom. The lowest BCUT2D eigenvalue weighted by Crippen LogP contribution is -2.40. The Morgan fingerprint density at radius 3 is 2.52 bits per heavy atom. The molecule has 0 saturated heterocycles. The topological polar surface area (TPSA) is 59.0 Å². The van der Waals surface area contributed by atoms with Crippen molar-refractivity contribution in [2.24, 2.45) is 0 Å². The Bertz CT molecular complexity index is 1030. The number of hydrogen-bond donors (Lipinski definition) is 1. The smallest absolute Gasteiger partial charge is 0.268 e. The highest BCUT2D eigenvalue weighted by Crippen LogP contribution is 2.47. The number of aliphatic hydroxyl groups is 1. The van der Waals surface area contributed by atoms with Gasteiger partial charge in [-0.2, -0.15) is 0 Å². The van der Waals surface area contributed by atoms with Gasteiger partial charge in [-0.3, -0.25) is 4.79 Å². The largest absolute Gasteiger partial charge is 0.454 e. The van der Waals surface area contributed by atoms with Crippen molar-refractivity contribution in [2.45, 2.75) is 12.1 Å².